The fourth-order valence-electron chi connectivity index (χ4n) is 8.49. The third kappa shape index (κ3) is 9.20. The van der Waals surface area contributed by atoms with Gasteiger partial charge in [0.15, 0.2) is 6.61 Å². The van der Waals surface area contributed by atoms with Gasteiger partial charge in [-0.1, -0.05) is 80.7 Å². The van der Waals surface area contributed by atoms with E-state index in [2.05, 4.69) is 46.8 Å². The van der Waals surface area contributed by atoms with Crippen molar-refractivity contribution in [2.75, 3.05) is 20.8 Å². The monoisotopic (exact) mass is 898 g/mol. The molecule has 1 atom stereocenters. The highest BCUT2D eigenvalue weighted by atomic mass is 19.3. The van der Waals surface area contributed by atoms with Gasteiger partial charge in [-0.05, 0) is 96.6 Å². The molecule has 0 aliphatic heterocycles. The van der Waals surface area contributed by atoms with Crippen LogP contribution in [0.5, 0.6) is 17.2 Å². The number of benzene rings is 6. The molecule has 9 nitrogen and oxygen atoms in total. The molecule has 6 aromatic carbocycles. The summed E-state index contributed by atoms with van der Waals surface area (Å²) < 4.78 is 73.5. The van der Waals surface area contributed by atoms with Gasteiger partial charge < -0.3 is 28.6 Å². The molecule has 0 spiro atoms. The number of rotatable bonds is 18. The second-order valence-electron chi connectivity index (χ2n) is 16.3. The van der Waals surface area contributed by atoms with Crippen LogP contribution in [0.25, 0.3) is 66.5 Å². The minimum Gasteiger partial charge on any atom is -0.497 e. The Kier molecular flexibility index (Phi) is 13.4. The summed E-state index contributed by atoms with van der Waals surface area (Å²) >= 11 is 0. The van der Waals surface area contributed by atoms with Crippen LogP contribution in [0.15, 0.2) is 126 Å². The third-order valence-corrected chi connectivity index (χ3v) is 12.0. The van der Waals surface area contributed by atoms with Crippen molar-refractivity contribution in [2.45, 2.75) is 65.3 Å². The van der Waals surface area contributed by atoms with Gasteiger partial charge in [0.05, 0.1) is 31.1 Å². The Balaban J connectivity index is 1.38. The number of unbranched alkanes of at least 4 members (excludes halogenated alkanes) is 1. The minimum absolute atomic E-state index is 0.0821. The van der Waals surface area contributed by atoms with E-state index in [0.717, 1.165) is 104 Å². The summed E-state index contributed by atoms with van der Waals surface area (Å²) in [6.07, 6.45) is 0.270. The number of halogens is 4. The molecule has 0 bridgehead atoms. The van der Waals surface area contributed by atoms with Crippen molar-refractivity contribution in [3.05, 3.63) is 132 Å². The van der Waals surface area contributed by atoms with Crippen LogP contribution in [-0.2, 0) is 16.2 Å². The summed E-state index contributed by atoms with van der Waals surface area (Å²) in [5.74, 6) is -2.81. The molecular formula is C53H50F4N4O5. The molecule has 340 valence electrons. The smallest absolute Gasteiger partial charge is 0.340 e. The third-order valence-electron chi connectivity index (χ3n) is 12.0. The molecule has 0 saturated heterocycles. The summed E-state index contributed by atoms with van der Waals surface area (Å²) in [6, 6.07) is 37.8. The largest absolute Gasteiger partial charge is 0.497 e. The molecule has 1 N–H and O–H groups in total. The first-order chi connectivity index (χ1) is 31.9. The van der Waals surface area contributed by atoms with Gasteiger partial charge in [0.25, 0.3) is 0 Å². The van der Waals surface area contributed by atoms with E-state index < -0.39 is 24.9 Å². The fraction of sp³-hybridized carbons (Fsp3) is 0.264. The number of para-hydroxylation sites is 1. The second kappa shape index (κ2) is 19.5. The first-order valence-electron chi connectivity index (χ1n) is 22.0. The number of carbonyl (C=O) groups is 1. The van der Waals surface area contributed by atoms with Crippen LogP contribution in [0.3, 0.4) is 0 Å². The number of alkyl halides is 4. The van der Waals surface area contributed by atoms with Crippen LogP contribution in [0.4, 0.5) is 17.6 Å². The molecule has 2 aromatic heterocycles. The first kappa shape index (κ1) is 45.4. The van der Waals surface area contributed by atoms with Gasteiger partial charge in [0.2, 0.25) is 0 Å². The maximum Gasteiger partial charge on any atom is 0.340 e. The SMILES string of the molecule is CCCCC(CC)Cn1c2ccc(/C(=N/OC(C)=O)c3ccccc3OCC(F)(F)C(F)F)cc2c2cc(-c3nc(-c4ccc(OC)cc4)c(-c4ccc(OC)cc4)[nH]3)c3ccccc3c21. The van der Waals surface area contributed by atoms with Crippen LogP contribution in [0.2, 0.25) is 0 Å². The standard InChI is InChI=1S/C53H50F4N4O5/c1-6-8-13-33(7-2)30-61-45-27-22-36(47(60-66-32(3)62)41-16-11-12-17-46(41)65-31-53(56,57)52(54)55)28-42(45)43-29-44(39-14-9-10-15-40(39)50(43)61)51-58-48(34-18-23-37(63-4)24-19-34)49(59-51)35-20-25-38(64-5)26-21-35/h9-12,14-29,33,52H,6-8,13,30-31H2,1-5H3,(H,58,59)/b60-47-. The average molecular weight is 899 g/mol. The average Bonchev–Trinajstić information content (AvgIpc) is 3.91. The minimum atomic E-state index is -4.41. The maximum absolute atomic E-state index is 14.2. The number of aromatic nitrogens is 3. The van der Waals surface area contributed by atoms with Crippen molar-refractivity contribution in [3.8, 4) is 51.2 Å². The van der Waals surface area contributed by atoms with Gasteiger partial charge in [0.1, 0.15) is 28.8 Å². The molecule has 1 unspecified atom stereocenters. The van der Waals surface area contributed by atoms with Crippen LogP contribution < -0.4 is 14.2 Å². The molecule has 0 amide bonds. The van der Waals surface area contributed by atoms with Gasteiger partial charge in [0, 0.05) is 63.0 Å². The predicted octanol–water partition coefficient (Wildman–Crippen LogP) is 13.5. The number of ether oxygens (including phenoxy) is 3. The number of methoxy groups -OCH3 is 2. The summed E-state index contributed by atoms with van der Waals surface area (Å²) in [6.45, 7) is 4.77. The van der Waals surface area contributed by atoms with Gasteiger partial charge in [-0.15, -0.1) is 0 Å². The molecular weight excluding hydrogens is 849 g/mol. The molecule has 66 heavy (non-hydrogen) atoms. The molecule has 8 rings (SSSR count). The van der Waals surface area contributed by atoms with Crippen molar-refractivity contribution >= 4 is 44.3 Å². The fourth-order valence-corrected chi connectivity index (χ4v) is 8.49. The maximum atomic E-state index is 14.2. The number of imidazole rings is 1. The summed E-state index contributed by atoms with van der Waals surface area (Å²) in [5, 5.41) is 7.96. The molecule has 13 heteroatoms. The van der Waals surface area contributed by atoms with Gasteiger partial charge in [-0.25, -0.2) is 18.6 Å². The number of nitrogens with zero attached hydrogens (tertiary/aromatic N) is 3. The molecule has 0 aliphatic carbocycles. The normalized spacial score (nSPS) is 12.6. The van der Waals surface area contributed by atoms with E-state index in [9.17, 15) is 22.4 Å². The molecule has 0 radical (unpaired) electrons. The molecule has 0 fully saturated rings. The van der Waals surface area contributed by atoms with E-state index in [1.165, 1.54) is 19.1 Å². The van der Waals surface area contributed by atoms with E-state index in [4.69, 9.17) is 24.0 Å². The van der Waals surface area contributed by atoms with Crippen molar-refractivity contribution in [2.24, 2.45) is 11.1 Å². The van der Waals surface area contributed by atoms with Crippen LogP contribution in [0, 0.1) is 5.92 Å². The highest BCUT2D eigenvalue weighted by Crippen LogP contribution is 2.43. The van der Waals surface area contributed by atoms with E-state index >= 15 is 0 Å². The molecule has 0 saturated carbocycles. The topological polar surface area (TPSA) is 100.0 Å². The zero-order chi connectivity index (χ0) is 46.5. The van der Waals surface area contributed by atoms with E-state index in [-0.39, 0.29) is 17.0 Å². The number of nitrogens with one attached hydrogen (secondary N) is 1. The Morgan fingerprint density at radius 2 is 1.47 bits per heavy atom. The summed E-state index contributed by atoms with van der Waals surface area (Å²) in [5.41, 5.74) is 6.87. The van der Waals surface area contributed by atoms with Gasteiger partial charge in [-0.2, -0.15) is 8.78 Å². The second-order valence-corrected chi connectivity index (χ2v) is 16.3. The Hall–Kier alpha value is -7.15. The lowest BCUT2D eigenvalue weighted by atomic mass is 9.97. The van der Waals surface area contributed by atoms with Crippen LogP contribution in [-0.4, -0.2) is 59.4 Å². The lowest BCUT2D eigenvalue weighted by Gasteiger charge is -2.19. The molecule has 2 heterocycles. The van der Waals surface area contributed by atoms with Gasteiger partial charge >= 0.3 is 18.3 Å². The van der Waals surface area contributed by atoms with Crippen LogP contribution >= 0.6 is 0 Å². The van der Waals surface area contributed by atoms with Crippen LogP contribution in [0.1, 0.15) is 57.6 Å². The lowest BCUT2D eigenvalue weighted by Crippen LogP contribution is -2.34. The number of aromatic amines is 1. The lowest BCUT2D eigenvalue weighted by molar-refractivity contribution is -0.148. The predicted molar refractivity (Wildman–Crippen MR) is 252 cm³/mol. The number of fused-ring (bicyclic) bond motifs is 5. The summed E-state index contributed by atoms with van der Waals surface area (Å²) in [4.78, 5) is 26.4. The number of hydrogen-bond acceptors (Lipinski definition) is 7. The first-order valence-corrected chi connectivity index (χ1v) is 22.0. The van der Waals surface area contributed by atoms with E-state index in [1.807, 2.05) is 78.9 Å². The zero-order valence-electron chi connectivity index (χ0n) is 37.3. The van der Waals surface area contributed by atoms with Crippen molar-refractivity contribution in [3.63, 3.8) is 0 Å². The number of hydrogen-bond donors (Lipinski definition) is 1. The number of H-pyrrole nitrogens is 1. The van der Waals surface area contributed by atoms with Crippen molar-refractivity contribution in [1.82, 2.24) is 14.5 Å². The number of oxime groups is 1. The van der Waals surface area contributed by atoms with E-state index in [1.54, 1.807) is 26.4 Å². The Morgan fingerprint density at radius 1 is 0.803 bits per heavy atom. The Morgan fingerprint density at radius 3 is 2.12 bits per heavy atom. The Bertz CT molecular complexity index is 2970. The molecule has 8 aromatic rings. The highest BCUT2D eigenvalue weighted by molar-refractivity contribution is 6.23. The zero-order valence-corrected chi connectivity index (χ0v) is 37.3. The van der Waals surface area contributed by atoms with E-state index in [0.29, 0.717) is 17.3 Å². The van der Waals surface area contributed by atoms with Crippen molar-refractivity contribution < 1.29 is 41.4 Å². The Labute approximate surface area is 380 Å². The number of carbonyl (C=O) groups excluding carboxylic acids is 1. The summed E-state index contributed by atoms with van der Waals surface area (Å²) in [7, 11) is 3.26. The van der Waals surface area contributed by atoms with Crippen molar-refractivity contribution in [1.29, 1.82) is 0 Å². The molecule has 0 aliphatic rings. The van der Waals surface area contributed by atoms with Gasteiger partial charge in [-0.3, -0.25) is 0 Å². The highest BCUT2D eigenvalue weighted by Gasteiger charge is 2.42. The quantitative estimate of drug-likeness (QED) is 0.0398.